The molecule has 4 aromatic rings. The molecule has 0 amide bonds. The van der Waals surface area contributed by atoms with E-state index in [9.17, 15) is 13.6 Å². The van der Waals surface area contributed by atoms with Crippen LogP contribution in [-0.4, -0.2) is 19.7 Å². The third-order valence-corrected chi connectivity index (χ3v) is 4.89. The van der Waals surface area contributed by atoms with Gasteiger partial charge in [0, 0.05) is 23.0 Å². The number of aromatic nitrogens is 4. The van der Waals surface area contributed by atoms with Crippen LogP contribution < -0.4 is 5.43 Å². The zero-order valence-electron chi connectivity index (χ0n) is 16.0. The Hall–Kier alpha value is -3.45. The lowest BCUT2D eigenvalue weighted by molar-refractivity contribution is 0.583. The maximum atomic E-state index is 14.7. The number of aryl methyl sites for hydroxylation is 2. The SMILES string of the molecule is Cc1cc2c(nc1C)c(=O)c(/C=C/c1ccnc(F)c1)nn2-c1ccc(Cl)cc1F. The summed E-state index contributed by atoms with van der Waals surface area (Å²) >= 11 is 5.88. The quantitative estimate of drug-likeness (QED) is 0.439. The van der Waals surface area contributed by atoms with Crippen molar-refractivity contribution in [3.63, 3.8) is 0 Å². The second-order valence-corrected chi connectivity index (χ2v) is 7.16. The van der Waals surface area contributed by atoms with Gasteiger partial charge in [-0.25, -0.2) is 19.0 Å². The topological polar surface area (TPSA) is 60.7 Å². The van der Waals surface area contributed by atoms with Crippen LogP contribution in [0.5, 0.6) is 0 Å². The average molecular weight is 425 g/mol. The van der Waals surface area contributed by atoms with Gasteiger partial charge in [0.1, 0.15) is 22.7 Å². The maximum Gasteiger partial charge on any atom is 0.233 e. The van der Waals surface area contributed by atoms with E-state index in [0.717, 1.165) is 5.56 Å². The molecule has 0 fully saturated rings. The molecule has 3 aromatic heterocycles. The molecule has 0 bridgehead atoms. The predicted molar refractivity (Wildman–Crippen MR) is 113 cm³/mol. The molecule has 0 atom stereocenters. The van der Waals surface area contributed by atoms with Crippen LogP contribution in [0, 0.1) is 25.6 Å². The summed E-state index contributed by atoms with van der Waals surface area (Å²) < 4.78 is 29.3. The molecule has 150 valence electrons. The second-order valence-electron chi connectivity index (χ2n) is 6.73. The number of halogens is 3. The van der Waals surface area contributed by atoms with Gasteiger partial charge in [-0.3, -0.25) is 4.79 Å². The molecular formula is C22H15ClF2N4O. The van der Waals surface area contributed by atoms with E-state index in [4.69, 9.17) is 11.6 Å². The highest BCUT2D eigenvalue weighted by Gasteiger charge is 2.16. The first kappa shape index (κ1) is 19.8. The molecule has 4 rings (SSSR count). The van der Waals surface area contributed by atoms with Gasteiger partial charge in [-0.15, -0.1) is 0 Å². The Balaban J connectivity index is 1.99. The molecule has 0 saturated heterocycles. The van der Waals surface area contributed by atoms with Crippen LogP contribution in [-0.2, 0) is 0 Å². The lowest BCUT2D eigenvalue weighted by Gasteiger charge is -2.13. The molecule has 1 aromatic carbocycles. The monoisotopic (exact) mass is 424 g/mol. The number of rotatable bonds is 3. The van der Waals surface area contributed by atoms with Crippen molar-refractivity contribution in [3.05, 3.63) is 92.1 Å². The molecule has 0 aliphatic heterocycles. The van der Waals surface area contributed by atoms with E-state index in [2.05, 4.69) is 15.1 Å². The highest BCUT2D eigenvalue weighted by Crippen LogP contribution is 2.22. The average Bonchev–Trinajstić information content (AvgIpc) is 2.70. The Morgan fingerprint density at radius 1 is 1.07 bits per heavy atom. The van der Waals surface area contributed by atoms with Crippen molar-refractivity contribution in [1.82, 2.24) is 19.7 Å². The number of fused-ring (bicyclic) bond motifs is 1. The fourth-order valence-corrected chi connectivity index (χ4v) is 3.15. The van der Waals surface area contributed by atoms with Gasteiger partial charge < -0.3 is 0 Å². The number of pyridine rings is 2. The molecular weight excluding hydrogens is 410 g/mol. The molecule has 30 heavy (non-hydrogen) atoms. The van der Waals surface area contributed by atoms with Gasteiger partial charge in [0.05, 0.1) is 5.52 Å². The van der Waals surface area contributed by atoms with Gasteiger partial charge in [-0.1, -0.05) is 17.7 Å². The summed E-state index contributed by atoms with van der Waals surface area (Å²) in [7, 11) is 0. The fourth-order valence-electron chi connectivity index (χ4n) is 2.99. The third-order valence-electron chi connectivity index (χ3n) is 4.65. The second kappa shape index (κ2) is 7.76. The van der Waals surface area contributed by atoms with E-state index in [1.54, 1.807) is 19.1 Å². The normalized spacial score (nSPS) is 11.5. The van der Waals surface area contributed by atoms with Crippen molar-refractivity contribution in [1.29, 1.82) is 0 Å². The molecule has 8 heteroatoms. The molecule has 0 radical (unpaired) electrons. The minimum atomic E-state index is -0.642. The van der Waals surface area contributed by atoms with E-state index < -0.39 is 17.2 Å². The van der Waals surface area contributed by atoms with Crippen LogP contribution in [0.2, 0.25) is 5.02 Å². The van der Waals surface area contributed by atoms with E-state index >= 15 is 0 Å². The van der Waals surface area contributed by atoms with Gasteiger partial charge in [0.2, 0.25) is 11.4 Å². The van der Waals surface area contributed by atoms with E-state index in [0.29, 0.717) is 16.8 Å². The summed E-state index contributed by atoms with van der Waals surface area (Å²) in [5, 5.41) is 4.60. The molecule has 0 unspecified atom stereocenters. The van der Waals surface area contributed by atoms with Gasteiger partial charge in [0.25, 0.3) is 0 Å². The first-order valence-electron chi connectivity index (χ1n) is 9.00. The zero-order chi connectivity index (χ0) is 21.4. The first-order chi connectivity index (χ1) is 14.3. The van der Waals surface area contributed by atoms with Crippen LogP contribution >= 0.6 is 11.6 Å². The largest absolute Gasteiger partial charge is 0.285 e. The summed E-state index contributed by atoms with van der Waals surface area (Å²) in [5.74, 6) is -1.23. The minimum Gasteiger partial charge on any atom is -0.285 e. The summed E-state index contributed by atoms with van der Waals surface area (Å²) in [4.78, 5) is 20.9. The number of benzene rings is 1. The van der Waals surface area contributed by atoms with Crippen molar-refractivity contribution < 1.29 is 8.78 Å². The summed E-state index contributed by atoms with van der Waals surface area (Å²) in [6.45, 7) is 3.64. The molecule has 5 nitrogen and oxygen atoms in total. The van der Waals surface area contributed by atoms with Crippen LogP contribution in [0.4, 0.5) is 8.78 Å². The Kier molecular flexibility index (Phi) is 5.13. The molecule has 0 aliphatic rings. The molecule has 0 spiro atoms. The molecule has 3 heterocycles. The third kappa shape index (κ3) is 3.71. The lowest BCUT2D eigenvalue weighted by atomic mass is 10.1. The predicted octanol–water partition coefficient (Wildman–Crippen LogP) is 4.89. The number of hydrogen-bond acceptors (Lipinski definition) is 4. The van der Waals surface area contributed by atoms with Crippen LogP contribution in [0.3, 0.4) is 0 Å². The standard InChI is InChI=1S/C22H15ClF2N4O/c1-12-9-19-21(27-13(12)2)22(30)17(5-3-14-7-8-26-20(25)10-14)28-29(19)18-6-4-15(23)11-16(18)24/h3-11H,1-2H3/b5-3+. The van der Waals surface area contributed by atoms with Gasteiger partial charge in [0.15, 0.2) is 0 Å². The van der Waals surface area contributed by atoms with Crippen molar-refractivity contribution in [2.24, 2.45) is 0 Å². The van der Waals surface area contributed by atoms with Crippen molar-refractivity contribution >= 4 is 34.8 Å². The van der Waals surface area contributed by atoms with Gasteiger partial charge in [-0.05, 0) is 61.4 Å². The Morgan fingerprint density at radius 2 is 1.87 bits per heavy atom. The summed E-state index contributed by atoms with van der Waals surface area (Å²) in [6, 6.07) is 8.74. The Morgan fingerprint density at radius 3 is 2.60 bits per heavy atom. The van der Waals surface area contributed by atoms with Crippen LogP contribution in [0.1, 0.15) is 22.5 Å². The van der Waals surface area contributed by atoms with E-state index in [1.165, 1.54) is 47.3 Å². The zero-order valence-corrected chi connectivity index (χ0v) is 16.8. The summed E-state index contributed by atoms with van der Waals surface area (Å²) in [6.07, 6.45) is 4.29. The van der Waals surface area contributed by atoms with E-state index in [-0.39, 0.29) is 21.9 Å². The van der Waals surface area contributed by atoms with Crippen molar-refractivity contribution in [2.45, 2.75) is 13.8 Å². The maximum absolute atomic E-state index is 14.7. The molecule has 0 N–H and O–H groups in total. The Bertz CT molecular complexity index is 1380. The van der Waals surface area contributed by atoms with Crippen molar-refractivity contribution in [2.75, 3.05) is 0 Å². The molecule has 0 saturated carbocycles. The number of hydrogen-bond donors (Lipinski definition) is 0. The highest BCUT2D eigenvalue weighted by molar-refractivity contribution is 6.30. The van der Waals surface area contributed by atoms with Gasteiger partial charge >= 0.3 is 0 Å². The lowest BCUT2D eigenvalue weighted by Crippen LogP contribution is -2.18. The first-order valence-corrected chi connectivity index (χ1v) is 9.37. The highest BCUT2D eigenvalue weighted by atomic mass is 35.5. The minimum absolute atomic E-state index is 0.0322. The Labute approximate surface area is 175 Å². The van der Waals surface area contributed by atoms with Crippen LogP contribution in [0.25, 0.3) is 28.9 Å². The number of nitrogens with zero attached hydrogens (tertiary/aromatic N) is 4. The van der Waals surface area contributed by atoms with E-state index in [1.807, 2.05) is 6.92 Å². The summed E-state index contributed by atoms with van der Waals surface area (Å²) in [5.41, 5.74) is 2.29. The fraction of sp³-hybridized carbons (Fsp3) is 0.0909. The van der Waals surface area contributed by atoms with Gasteiger partial charge in [-0.2, -0.15) is 9.49 Å². The molecule has 0 aliphatic carbocycles. The van der Waals surface area contributed by atoms with Crippen LogP contribution in [0.15, 0.2) is 47.4 Å². The van der Waals surface area contributed by atoms with Crippen molar-refractivity contribution in [3.8, 4) is 5.69 Å². The smallest absolute Gasteiger partial charge is 0.233 e.